The highest BCUT2D eigenvalue weighted by molar-refractivity contribution is 5.92. The number of aryl methyl sites for hydroxylation is 1. The van der Waals surface area contributed by atoms with E-state index in [0.717, 1.165) is 12.8 Å². The molecule has 6 heteroatoms. The van der Waals surface area contributed by atoms with Gasteiger partial charge in [-0.3, -0.25) is 9.48 Å². The van der Waals surface area contributed by atoms with Crippen molar-refractivity contribution in [2.24, 2.45) is 7.05 Å². The van der Waals surface area contributed by atoms with Gasteiger partial charge in [0.2, 0.25) is 5.95 Å². The van der Waals surface area contributed by atoms with Gasteiger partial charge < -0.3 is 5.32 Å². The highest BCUT2D eigenvalue weighted by atomic mass is 16.1. The van der Waals surface area contributed by atoms with E-state index in [4.69, 9.17) is 0 Å². The third-order valence-corrected chi connectivity index (χ3v) is 3.78. The van der Waals surface area contributed by atoms with Gasteiger partial charge >= 0.3 is 0 Å². The maximum atomic E-state index is 12.2. The molecular formula is C14H19N5O. The summed E-state index contributed by atoms with van der Waals surface area (Å²) in [5.41, 5.74) is 0.425. The lowest BCUT2D eigenvalue weighted by Crippen LogP contribution is -2.36. The molecule has 0 radical (unpaired) electrons. The van der Waals surface area contributed by atoms with Crippen LogP contribution in [0.1, 0.15) is 42.6 Å². The Morgan fingerprint density at radius 1 is 1.30 bits per heavy atom. The SMILES string of the molecule is Cn1ccn1-c1nccc(C(=O)NC2CCCCC2)n1. The molecule has 1 N–H and O–H groups in total. The second-order valence-corrected chi connectivity index (χ2v) is 5.27. The molecular weight excluding hydrogens is 254 g/mol. The number of hydrogen-bond donors (Lipinski definition) is 1. The lowest BCUT2D eigenvalue weighted by Gasteiger charge is -2.22. The van der Waals surface area contributed by atoms with Gasteiger partial charge in [-0.25, -0.2) is 14.6 Å². The average molecular weight is 273 g/mol. The molecule has 1 saturated carbocycles. The highest BCUT2D eigenvalue weighted by Gasteiger charge is 2.18. The second-order valence-electron chi connectivity index (χ2n) is 5.27. The highest BCUT2D eigenvalue weighted by Crippen LogP contribution is 2.17. The molecule has 20 heavy (non-hydrogen) atoms. The third kappa shape index (κ3) is 2.59. The Labute approximate surface area is 117 Å². The molecule has 1 amide bonds. The standard InChI is InChI=1S/C14H19N5O/c1-18-9-10-19(18)14-15-8-7-12(17-14)13(20)16-11-5-3-2-4-6-11/h7-11H,2-6H2,1H3,(H,16,20). The molecule has 0 aromatic carbocycles. The summed E-state index contributed by atoms with van der Waals surface area (Å²) in [6, 6.07) is 1.95. The fraction of sp³-hybridized carbons (Fsp3) is 0.500. The summed E-state index contributed by atoms with van der Waals surface area (Å²) in [4.78, 5) is 20.7. The van der Waals surface area contributed by atoms with E-state index in [1.54, 1.807) is 16.9 Å². The molecule has 0 aliphatic heterocycles. The summed E-state index contributed by atoms with van der Waals surface area (Å²) in [5.74, 6) is 0.416. The van der Waals surface area contributed by atoms with Crippen LogP contribution in [0.15, 0.2) is 24.7 Å². The van der Waals surface area contributed by atoms with Crippen molar-refractivity contribution in [2.45, 2.75) is 38.1 Å². The minimum atomic E-state index is -0.104. The summed E-state index contributed by atoms with van der Waals surface area (Å²) in [6.45, 7) is 0. The van der Waals surface area contributed by atoms with Crippen molar-refractivity contribution < 1.29 is 4.79 Å². The number of carbonyl (C=O) groups excluding carboxylic acids is 1. The molecule has 3 rings (SSSR count). The first-order valence-electron chi connectivity index (χ1n) is 7.08. The van der Waals surface area contributed by atoms with Gasteiger partial charge in [-0.2, -0.15) is 0 Å². The number of carbonyl (C=O) groups is 1. The Bertz CT molecular complexity index is 594. The molecule has 2 heterocycles. The summed E-state index contributed by atoms with van der Waals surface area (Å²) in [6.07, 6.45) is 11.2. The number of hydrogen-bond acceptors (Lipinski definition) is 3. The van der Waals surface area contributed by atoms with Crippen molar-refractivity contribution in [1.82, 2.24) is 24.6 Å². The smallest absolute Gasteiger partial charge is 0.270 e. The Kier molecular flexibility index (Phi) is 3.54. The Morgan fingerprint density at radius 2 is 2.10 bits per heavy atom. The van der Waals surface area contributed by atoms with Crippen molar-refractivity contribution in [3.05, 3.63) is 30.4 Å². The number of nitrogens with one attached hydrogen (secondary N) is 1. The molecule has 2 aromatic heterocycles. The first kappa shape index (κ1) is 12.9. The van der Waals surface area contributed by atoms with Crippen molar-refractivity contribution in [2.75, 3.05) is 0 Å². The average Bonchev–Trinajstić information content (AvgIpc) is 2.47. The van der Waals surface area contributed by atoms with Crippen LogP contribution in [-0.2, 0) is 7.05 Å². The van der Waals surface area contributed by atoms with E-state index in [0.29, 0.717) is 17.7 Å². The van der Waals surface area contributed by atoms with Crippen molar-refractivity contribution in [3.8, 4) is 5.95 Å². The molecule has 1 fully saturated rings. The number of amides is 1. The normalized spacial score (nSPS) is 16.2. The molecule has 0 bridgehead atoms. The second kappa shape index (κ2) is 5.48. The lowest BCUT2D eigenvalue weighted by molar-refractivity contribution is 0.0922. The Balaban J connectivity index is 1.72. The van der Waals surface area contributed by atoms with Gasteiger partial charge in [0, 0.05) is 31.7 Å². The van der Waals surface area contributed by atoms with Crippen LogP contribution in [0.5, 0.6) is 0 Å². The zero-order chi connectivity index (χ0) is 13.9. The minimum absolute atomic E-state index is 0.104. The monoisotopic (exact) mass is 273 g/mol. The van der Waals surface area contributed by atoms with E-state index in [1.165, 1.54) is 19.3 Å². The minimum Gasteiger partial charge on any atom is -0.348 e. The quantitative estimate of drug-likeness (QED) is 0.925. The molecule has 2 aromatic rings. The van der Waals surface area contributed by atoms with Crippen LogP contribution in [-0.4, -0.2) is 31.3 Å². The predicted molar refractivity (Wildman–Crippen MR) is 74.7 cm³/mol. The fourth-order valence-corrected chi connectivity index (χ4v) is 2.57. The molecule has 0 unspecified atom stereocenters. The van der Waals surface area contributed by atoms with Gasteiger partial charge in [-0.15, -0.1) is 0 Å². The summed E-state index contributed by atoms with van der Waals surface area (Å²) >= 11 is 0. The van der Waals surface area contributed by atoms with Gasteiger partial charge in [0.15, 0.2) is 0 Å². The molecule has 0 spiro atoms. The molecule has 0 saturated heterocycles. The number of aromatic nitrogens is 4. The zero-order valence-electron chi connectivity index (χ0n) is 11.6. The predicted octanol–water partition coefficient (Wildman–Crippen LogP) is 1.67. The van der Waals surface area contributed by atoms with E-state index in [-0.39, 0.29) is 5.91 Å². The molecule has 106 valence electrons. The summed E-state index contributed by atoms with van der Waals surface area (Å²) < 4.78 is 3.65. The number of nitrogens with zero attached hydrogens (tertiary/aromatic N) is 4. The molecule has 1 aliphatic rings. The summed E-state index contributed by atoms with van der Waals surface area (Å²) in [5, 5.41) is 3.07. The van der Waals surface area contributed by atoms with E-state index >= 15 is 0 Å². The first-order valence-corrected chi connectivity index (χ1v) is 7.08. The molecule has 1 aliphatic carbocycles. The van der Waals surface area contributed by atoms with Crippen LogP contribution in [0, 0.1) is 0 Å². The van der Waals surface area contributed by atoms with Crippen LogP contribution < -0.4 is 5.32 Å². The van der Waals surface area contributed by atoms with Crippen LogP contribution >= 0.6 is 0 Å². The van der Waals surface area contributed by atoms with E-state index in [1.807, 2.05) is 24.1 Å². The molecule has 6 nitrogen and oxygen atoms in total. The summed E-state index contributed by atoms with van der Waals surface area (Å²) in [7, 11) is 1.90. The lowest BCUT2D eigenvalue weighted by atomic mass is 9.95. The van der Waals surface area contributed by atoms with Crippen LogP contribution in [0.4, 0.5) is 0 Å². The van der Waals surface area contributed by atoms with Crippen molar-refractivity contribution >= 4 is 5.91 Å². The van der Waals surface area contributed by atoms with Gasteiger partial charge in [0.1, 0.15) is 5.69 Å². The van der Waals surface area contributed by atoms with Crippen molar-refractivity contribution in [3.63, 3.8) is 0 Å². The third-order valence-electron chi connectivity index (χ3n) is 3.78. The zero-order valence-corrected chi connectivity index (χ0v) is 11.6. The van der Waals surface area contributed by atoms with Gasteiger partial charge in [-0.1, -0.05) is 19.3 Å². The Hall–Kier alpha value is -2.11. The van der Waals surface area contributed by atoms with Crippen LogP contribution in [0.3, 0.4) is 0 Å². The maximum absolute atomic E-state index is 12.2. The van der Waals surface area contributed by atoms with Crippen LogP contribution in [0.25, 0.3) is 5.95 Å². The fourth-order valence-electron chi connectivity index (χ4n) is 2.57. The number of rotatable bonds is 3. The topological polar surface area (TPSA) is 64.7 Å². The van der Waals surface area contributed by atoms with E-state index in [9.17, 15) is 4.79 Å². The van der Waals surface area contributed by atoms with E-state index < -0.39 is 0 Å². The van der Waals surface area contributed by atoms with Crippen LogP contribution in [0.2, 0.25) is 0 Å². The Morgan fingerprint density at radius 3 is 2.75 bits per heavy atom. The maximum Gasteiger partial charge on any atom is 0.270 e. The van der Waals surface area contributed by atoms with Crippen molar-refractivity contribution in [1.29, 1.82) is 0 Å². The van der Waals surface area contributed by atoms with Gasteiger partial charge in [0.05, 0.1) is 0 Å². The molecule has 0 atom stereocenters. The first-order chi connectivity index (χ1) is 9.74. The largest absolute Gasteiger partial charge is 0.348 e. The van der Waals surface area contributed by atoms with Gasteiger partial charge in [0.25, 0.3) is 5.91 Å². The van der Waals surface area contributed by atoms with E-state index in [2.05, 4.69) is 15.3 Å². The van der Waals surface area contributed by atoms with Gasteiger partial charge in [-0.05, 0) is 18.9 Å².